The van der Waals surface area contributed by atoms with Crippen molar-refractivity contribution in [1.82, 2.24) is 0 Å². The molecular weight excluding hydrogens is 198 g/mol. The van der Waals surface area contributed by atoms with Crippen LogP contribution in [0.3, 0.4) is 0 Å². The van der Waals surface area contributed by atoms with Crippen molar-refractivity contribution >= 4 is 5.69 Å². The van der Waals surface area contributed by atoms with Crippen molar-refractivity contribution in [2.24, 2.45) is 0 Å². The van der Waals surface area contributed by atoms with E-state index in [4.69, 9.17) is 5.11 Å². The van der Waals surface area contributed by atoms with E-state index >= 15 is 0 Å². The minimum absolute atomic E-state index is 0.286. The van der Waals surface area contributed by atoms with Crippen molar-refractivity contribution in [1.29, 1.82) is 0 Å². The fourth-order valence-electron chi connectivity index (χ4n) is 2.44. The van der Waals surface area contributed by atoms with E-state index in [0.29, 0.717) is 0 Å². The number of nitrogens with zero attached hydrogens (tertiary/aromatic N) is 1. The number of rotatable bonds is 4. The fraction of sp³-hybridized carbons (Fsp3) is 0.571. The molecule has 1 N–H and O–H groups in total. The number of piperidine rings is 1. The van der Waals surface area contributed by atoms with Gasteiger partial charge in [-0.05, 0) is 43.7 Å². The highest BCUT2D eigenvalue weighted by Gasteiger charge is 2.13. The molecule has 1 fully saturated rings. The molecule has 2 nitrogen and oxygen atoms in total. The number of anilines is 1. The van der Waals surface area contributed by atoms with Gasteiger partial charge >= 0.3 is 0 Å². The quantitative estimate of drug-likeness (QED) is 0.841. The van der Waals surface area contributed by atoms with Gasteiger partial charge in [0.05, 0.1) is 0 Å². The molecule has 2 heteroatoms. The molecule has 0 radical (unpaired) electrons. The third-order valence-corrected chi connectivity index (χ3v) is 3.29. The zero-order valence-electron chi connectivity index (χ0n) is 9.86. The van der Waals surface area contributed by atoms with Gasteiger partial charge in [-0.25, -0.2) is 0 Å². The summed E-state index contributed by atoms with van der Waals surface area (Å²) in [4.78, 5) is 2.50. The Bertz CT molecular complexity index is 318. The molecule has 1 aromatic carbocycles. The van der Waals surface area contributed by atoms with Gasteiger partial charge in [0.25, 0.3) is 0 Å². The molecule has 1 saturated heterocycles. The smallest absolute Gasteiger partial charge is 0.0434 e. The Balaban J connectivity index is 2.11. The Morgan fingerprint density at radius 1 is 1.06 bits per heavy atom. The van der Waals surface area contributed by atoms with Crippen LogP contribution in [0.25, 0.3) is 0 Å². The molecule has 0 unspecified atom stereocenters. The topological polar surface area (TPSA) is 23.5 Å². The largest absolute Gasteiger partial charge is 0.396 e. The highest BCUT2D eigenvalue weighted by atomic mass is 16.2. The SMILES string of the molecule is OCCCc1ccccc1N1CCCCC1. The van der Waals surface area contributed by atoms with E-state index in [1.165, 1.54) is 43.6 Å². The van der Waals surface area contributed by atoms with E-state index in [-0.39, 0.29) is 6.61 Å². The Morgan fingerprint density at radius 3 is 2.56 bits per heavy atom. The predicted molar refractivity (Wildman–Crippen MR) is 67.9 cm³/mol. The summed E-state index contributed by atoms with van der Waals surface area (Å²) in [5.41, 5.74) is 2.77. The van der Waals surface area contributed by atoms with Crippen LogP contribution < -0.4 is 4.90 Å². The predicted octanol–water partition coefficient (Wildman–Crippen LogP) is 2.60. The van der Waals surface area contributed by atoms with Gasteiger partial charge in [0.2, 0.25) is 0 Å². The van der Waals surface area contributed by atoms with Gasteiger partial charge in [0, 0.05) is 25.4 Å². The Morgan fingerprint density at radius 2 is 1.81 bits per heavy atom. The van der Waals surface area contributed by atoms with Crippen LogP contribution in [0, 0.1) is 0 Å². The molecule has 1 aromatic rings. The molecule has 0 aliphatic carbocycles. The Labute approximate surface area is 97.9 Å². The Kier molecular flexibility index (Phi) is 4.23. The molecule has 0 amide bonds. The summed E-state index contributed by atoms with van der Waals surface area (Å²) < 4.78 is 0. The van der Waals surface area contributed by atoms with E-state index in [0.717, 1.165) is 12.8 Å². The average molecular weight is 219 g/mol. The molecule has 88 valence electrons. The molecule has 0 atom stereocenters. The summed E-state index contributed by atoms with van der Waals surface area (Å²) in [6.45, 7) is 2.67. The van der Waals surface area contributed by atoms with Crippen molar-refractivity contribution in [2.75, 3.05) is 24.6 Å². The van der Waals surface area contributed by atoms with Gasteiger partial charge < -0.3 is 10.0 Å². The van der Waals surface area contributed by atoms with Crippen LogP contribution in [-0.4, -0.2) is 24.8 Å². The first kappa shape index (κ1) is 11.5. The van der Waals surface area contributed by atoms with Crippen molar-refractivity contribution in [2.45, 2.75) is 32.1 Å². The highest BCUT2D eigenvalue weighted by molar-refractivity contribution is 5.53. The number of aliphatic hydroxyl groups is 1. The lowest BCUT2D eigenvalue weighted by molar-refractivity contribution is 0.288. The van der Waals surface area contributed by atoms with Crippen LogP contribution in [-0.2, 0) is 6.42 Å². The fourth-order valence-corrected chi connectivity index (χ4v) is 2.44. The highest BCUT2D eigenvalue weighted by Crippen LogP contribution is 2.24. The molecule has 1 aliphatic heterocycles. The molecule has 2 rings (SSSR count). The van der Waals surface area contributed by atoms with Gasteiger partial charge in [-0.2, -0.15) is 0 Å². The lowest BCUT2D eigenvalue weighted by Gasteiger charge is -2.30. The van der Waals surface area contributed by atoms with Crippen LogP contribution in [0.1, 0.15) is 31.2 Å². The number of para-hydroxylation sites is 1. The van der Waals surface area contributed by atoms with Crippen LogP contribution >= 0.6 is 0 Å². The maximum absolute atomic E-state index is 8.92. The van der Waals surface area contributed by atoms with E-state index in [9.17, 15) is 0 Å². The van der Waals surface area contributed by atoms with Crippen molar-refractivity contribution in [3.8, 4) is 0 Å². The number of aryl methyl sites for hydroxylation is 1. The molecule has 0 bridgehead atoms. The van der Waals surface area contributed by atoms with E-state index in [2.05, 4.69) is 29.2 Å². The molecular formula is C14H21NO. The van der Waals surface area contributed by atoms with Crippen LogP contribution in [0.5, 0.6) is 0 Å². The van der Waals surface area contributed by atoms with Crippen LogP contribution in [0.15, 0.2) is 24.3 Å². The zero-order chi connectivity index (χ0) is 11.2. The third-order valence-electron chi connectivity index (χ3n) is 3.29. The van der Waals surface area contributed by atoms with E-state index in [1.807, 2.05) is 0 Å². The van der Waals surface area contributed by atoms with Crippen molar-refractivity contribution in [3.05, 3.63) is 29.8 Å². The lowest BCUT2D eigenvalue weighted by atomic mass is 10.0. The van der Waals surface area contributed by atoms with Crippen molar-refractivity contribution in [3.63, 3.8) is 0 Å². The number of hydrogen-bond donors (Lipinski definition) is 1. The van der Waals surface area contributed by atoms with Gasteiger partial charge in [-0.3, -0.25) is 0 Å². The van der Waals surface area contributed by atoms with Gasteiger partial charge in [-0.15, -0.1) is 0 Å². The second kappa shape index (κ2) is 5.90. The molecule has 0 spiro atoms. The Hall–Kier alpha value is -1.02. The third kappa shape index (κ3) is 2.76. The monoisotopic (exact) mass is 219 g/mol. The van der Waals surface area contributed by atoms with Crippen LogP contribution in [0.2, 0.25) is 0 Å². The molecule has 0 saturated carbocycles. The second-order valence-corrected chi connectivity index (χ2v) is 4.50. The minimum atomic E-state index is 0.286. The van der Waals surface area contributed by atoms with Crippen LogP contribution in [0.4, 0.5) is 5.69 Å². The maximum Gasteiger partial charge on any atom is 0.0434 e. The average Bonchev–Trinajstić information content (AvgIpc) is 2.38. The number of aliphatic hydroxyl groups excluding tert-OH is 1. The zero-order valence-corrected chi connectivity index (χ0v) is 9.86. The molecule has 1 heterocycles. The second-order valence-electron chi connectivity index (χ2n) is 4.50. The van der Waals surface area contributed by atoms with Gasteiger partial charge in [-0.1, -0.05) is 18.2 Å². The van der Waals surface area contributed by atoms with E-state index in [1.54, 1.807) is 0 Å². The summed E-state index contributed by atoms with van der Waals surface area (Å²) in [5.74, 6) is 0. The number of hydrogen-bond acceptors (Lipinski definition) is 2. The maximum atomic E-state index is 8.92. The lowest BCUT2D eigenvalue weighted by Crippen LogP contribution is -2.30. The van der Waals surface area contributed by atoms with Gasteiger partial charge in [0.15, 0.2) is 0 Å². The summed E-state index contributed by atoms with van der Waals surface area (Å²) >= 11 is 0. The molecule has 16 heavy (non-hydrogen) atoms. The summed E-state index contributed by atoms with van der Waals surface area (Å²) in [6, 6.07) is 8.63. The first-order valence-corrected chi connectivity index (χ1v) is 6.35. The summed E-state index contributed by atoms with van der Waals surface area (Å²) in [5, 5.41) is 8.92. The molecule has 1 aliphatic rings. The first-order chi connectivity index (χ1) is 7.92. The van der Waals surface area contributed by atoms with Gasteiger partial charge in [0.1, 0.15) is 0 Å². The standard InChI is InChI=1S/C14H21NO/c16-12-6-8-13-7-2-3-9-14(13)15-10-4-1-5-11-15/h2-3,7,9,16H,1,4-6,8,10-12H2. The van der Waals surface area contributed by atoms with E-state index < -0.39 is 0 Å². The first-order valence-electron chi connectivity index (χ1n) is 6.35. The number of benzene rings is 1. The summed E-state index contributed by atoms with van der Waals surface area (Å²) in [7, 11) is 0. The molecule has 0 aromatic heterocycles. The normalized spacial score (nSPS) is 16.4. The minimum Gasteiger partial charge on any atom is -0.396 e. The van der Waals surface area contributed by atoms with Crippen molar-refractivity contribution < 1.29 is 5.11 Å². The summed E-state index contributed by atoms with van der Waals surface area (Å²) in [6.07, 6.45) is 5.85.